The molecular formula is C18H19O2P. The van der Waals surface area contributed by atoms with Crippen LogP contribution in [0.3, 0.4) is 0 Å². The van der Waals surface area contributed by atoms with E-state index in [1.165, 1.54) is 0 Å². The summed E-state index contributed by atoms with van der Waals surface area (Å²) >= 11 is 0. The summed E-state index contributed by atoms with van der Waals surface area (Å²) in [4.78, 5) is 0. The second-order valence-corrected chi connectivity index (χ2v) is 8.62. The molecule has 0 aromatic heterocycles. The number of aliphatic hydroxyl groups is 1. The van der Waals surface area contributed by atoms with Crippen LogP contribution in [0.4, 0.5) is 0 Å². The van der Waals surface area contributed by atoms with Crippen LogP contribution in [0.1, 0.15) is 18.1 Å². The van der Waals surface area contributed by atoms with Crippen molar-refractivity contribution in [3.63, 3.8) is 0 Å². The van der Waals surface area contributed by atoms with E-state index in [9.17, 15) is 9.67 Å². The van der Waals surface area contributed by atoms with E-state index >= 15 is 0 Å². The van der Waals surface area contributed by atoms with Gasteiger partial charge in [-0.1, -0.05) is 67.6 Å². The van der Waals surface area contributed by atoms with E-state index in [0.29, 0.717) is 23.4 Å². The van der Waals surface area contributed by atoms with Gasteiger partial charge in [0.2, 0.25) is 0 Å². The van der Waals surface area contributed by atoms with Gasteiger partial charge in [-0.25, -0.2) is 0 Å². The van der Waals surface area contributed by atoms with E-state index in [-0.39, 0.29) is 5.92 Å². The Hall–Kier alpha value is -1.79. The molecule has 3 rings (SSSR count). The number of hydrogen-bond acceptors (Lipinski definition) is 2. The highest BCUT2D eigenvalue weighted by Gasteiger charge is 2.41. The molecule has 1 aliphatic heterocycles. The SMILES string of the molecule is C[C@@H]1C[P@](=O)(Cc2ccccc2)C(c2ccccc2)=C1O. The second kappa shape index (κ2) is 5.54. The molecule has 0 radical (unpaired) electrons. The molecule has 2 atom stereocenters. The zero-order chi connectivity index (χ0) is 14.9. The highest BCUT2D eigenvalue weighted by atomic mass is 31.2. The molecule has 0 fully saturated rings. The fourth-order valence-electron chi connectivity index (χ4n) is 3.06. The fourth-order valence-corrected chi connectivity index (χ4v) is 6.65. The lowest BCUT2D eigenvalue weighted by atomic mass is 10.1. The van der Waals surface area contributed by atoms with Crippen LogP contribution in [0, 0.1) is 5.92 Å². The van der Waals surface area contributed by atoms with E-state index in [1.54, 1.807) is 0 Å². The van der Waals surface area contributed by atoms with Gasteiger partial charge in [-0.2, -0.15) is 0 Å². The van der Waals surface area contributed by atoms with Crippen LogP contribution >= 0.6 is 7.14 Å². The van der Waals surface area contributed by atoms with E-state index in [2.05, 4.69) is 0 Å². The zero-order valence-corrected chi connectivity index (χ0v) is 13.0. The van der Waals surface area contributed by atoms with E-state index < -0.39 is 7.14 Å². The summed E-state index contributed by atoms with van der Waals surface area (Å²) in [6.07, 6.45) is 1.07. The summed E-state index contributed by atoms with van der Waals surface area (Å²) in [6.45, 7) is 1.95. The van der Waals surface area contributed by atoms with Gasteiger partial charge < -0.3 is 9.67 Å². The highest BCUT2D eigenvalue weighted by Crippen LogP contribution is 2.67. The molecule has 0 amide bonds. The molecule has 0 aliphatic carbocycles. The van der Waals surface area contributed by atoms with E-state index in [1.807, 2.05) is 67.6 Å². The molecule has 0 spiro atoms. The van der Waals surface area contributed by atoms with Crippen LogP contribution in [0.2, 0.25) is 0 Å². The Kier molecular flexibility index (Phi) is 3.73. The molecule has 0 bridgehead atoms. The molecule has 0 saturated carbocycles. The normalized spacial score (nSPS) is 25.3. The minimum atomic E-state index is -2.61. The van der Waals surface area contributed by atoms with Crippen LogP contribution in [-0.2, 0) is 10.7 Å². The third-order valence-corrected chi connectivity index (χ3v) is 7.33. The Balaban J connectivity index is 2.04. The van der Waals surface area contributed by atoms with Crippen molar-refractivity contribution in [2.45, 2.75) is 13.1 Å². The first-order valence-electron chi connectivity index (χ1n) is 7.21. The number of hydrogen-bond donors (Lipinski definition) is 1. The summed E-state index contributed by atoms with van der Waals surface area (Å²) in [7, 11) is -2.61. The molecule has 0 unspecified atom stereocenters. The first-order chi connectivity index (χ1) is 10.1. The van der Waals surface area contributed by atoms with Gasteiger partial charge in [-0.15, -0.1) is 0 Å². The van der Waals surface area contributed by atoms with Gasteiger partial charge in [0.1, 0.15) is 12.9 Å². The minimum Gasteiger partial charge on any atom is -0.511 e. The third kappa shape index (κ3) is 2.69. The van der Waals surface area contributed by atoms with Gasteiger partial charge in [0.25, 0.3) is 0 Å². The first-order valence-corrected chi connectivity index (χ1v) is 9.29. The predicted molar refractivity (Wildman–Crippen MR) is 87.8 cm³/mol. The Morgan fingerprint density at radius 3 is 2.24 bits per heavy atom. The first kappa shape index (κ1) is 14.2. The van der Waals surface area contributed by atoms with Crippen molar-refractivity contribution >= 4 is 12.5 Å². The maximum Gasteiger partial charge on any atom is 0.124 e. The van der Waals surface area contributed by atoms with Crippen molar-refractivity contribution in [1.82, 2.24) is 0 Å². The van der Waals surface area contributed by atoms with Gasteiger partial charge in [0, 0.05) is 18.2 Å². The molecule has 1 heterocycles. The maximum atomic E-state index is 13.5. The summed E-state index contributed by atoms with van der Waals surface area (Å²) in [6, 6.07) is 19.5. The molecule has 2 aromatic carbocycles. The van der Waals surface area contributed by atoms with Gasteiger partial charge in [0.15, 0.2) is 0 Å². The van der Waals surface area contributed by atoms with Gasteiger partial charge >= 0.3 is 0 Å². The Bertz CT molecular complexity index is 705. The summed E-state index contributed by atoms with van der Waals surface area (Å²) in [5.74, 6) is 0.273. The lowest BCUT2D eigenvalue weighted by Crippen LogP contribution is -1.97. The van der Waals surface area contributed by atoms with Crippen LogP contribution in [-0.4, -0.2) is 11.3 Å². The highest BCUT2D eigenvalue weighted by molar-refractivity contribution is 7.74. The molecule has 2 aromatic rings. The van der Waals surface area contributed by atoms with Crippen LogP contribution in [0.5, 0.6) is 0 Å². The molecule has 2 nitrogen and oxygen atoms in total. The third-order valence-electron chi connectivity index (χ3n) is 4.01. The maximum absolute atomic E-state index is 13.5. The molecule has 3 heteroatoms. The van der Waals surface area contributed by atoms with Gasteiger partial charge in [-0.3, -0.25) is 0 Å². The summed E-state index contributed by atoms with van der Waals surface area (Å²) in [5, 5.41) is 11.1. The quantitative estimate of drug-likeness (QED) is 0.798. The number of benzene rings is 2. The number of allylic oxidation sites excluding steroid dienone is 1. The van der Waals surface area contributed by atoms with E-state index in [0.717, 1.165) is 11.1 Å². The van der Waals surface area contributed by atoms with Crippen molar-refractivity contribution in [1.29, 1.82) is 0 Å². The Labute approximate surface area is 125 Å². The van der Waals surface area contributed by atoms with Crippen molar-refractivity contribution in [2.75, 3.05) is 6.16 Å². The molecule has 0 saturated heterocycles. The van der Waals surface area contributed by atoms with Crippen molar-refractivity contribution in [2.24, 2.45) is 5.92 Å². The van der Waals surface area contributed by atoms with E-state index in [4.69, 9.17) is 0 Å². The Morgan fingerprint density at radius 1 is 1.05 bits per heavy atom. The average molecular weight is 298 g/mol. The molecular weight excluding hydrogens is 279 g/mol. The lowest BCUT2D eigenvalue weighted by molar-refractivity contribution is 0.362. The second-order valence-electron chi connectivity index (χ2n) is 5.72. The smallest absolute Gasteiger partial charge is 0.124 e. The van der Waals surface area contributed by atoms with Crippen LogP contribution in [0.25, 0.3) is 5.31 Å². The summed E-state index contributed by atoms with van der Waals surface area (Å²) < 4.78 is 13.5. The molecule has 1 N–H and O–H groups in total. The van der Waals surface area contributed by atoms with Crippen LogP contribution < -0.4 is 0 Å². The summed E-state index contributed by atoms with van der Waals surface area (Å²) in [5.41, 5.74) is 1.95. The van der Waals surface area contributed by atoms with Crippen molar-refractivity contribution in [3.8, 4) is 0 Å². The lowest BCUT2D eigenvalue weighted by Gasteiger charge is -2.16. The standard InChI is InChI=1S/C18H19O2P/c1-14-12-21(20,13-15-8-4-2-5-9-15)18(17(14)19)16-10-6-3-7-11-16/h2-11,14,19H,12-13H2,1H3/t14-,21+/m1/s1. The largest absolute Gasteiger partial charge is 0.511 e. The topological polar surface area (TPSA) is 37.3 Å². The van der Waals surface area contributed by atoms with Crippen molar-refractivity contribution in [3.05, 3.63) is 77.5 Å². The monoisotopic (exact) mass is 298 g/mol. The van der Waals surface area contributed by atoms with Gasteiger partial charge in [0.05, 0.1) is 5.31 Å². The Morgan fingerprint density at radius 2 is 1.62 bits per heavy atom. The van der Waals surface area contributed by atoms with Crippen molar-refractivity contribution < 1.29 is 9.67 Å². The molecule has 21 heavy (non-hydrogen) atoms. The molecule has 108 valence electrons. The zero-order valence-electron chi connectivity index (χ0n) is 12.1. The minimum absolute atomic E-state index is 0.0326. The average Bonchev–Trinajstić information content (AvgIpc) is 2.70. The van der Waals surface area contributed by atoms with Gasteiger partial charge in [-0.05, 0) is 11.1 Å². The van der Waals surface area contributed by atoms with Crippen LogP contribution in [0.15, 0.2) is 66.4 Å². The number of aliphatic hydroxyl groups excluding tert-OH is 1. The fraction of sp³-hybridized carbons (Fsp3) is 0.222. The molecule has 1 aliphatic rings. The number of rotatable bonds is 3. The predicted octanol–water partition coefficient (Wildman–Crippen LogP) is 5.13.